The average Bonchev–Trinajstić information content (AvgIpc) is 3.54. The Hall–Kier alpha value is -3.23. The van der Waals surface area contributed by atoms with E-state index in [9.17, 15) is 27.6 Å². The van der Waals surface area contributed by atoms with Crippen molar-refractivity contribution in [3.05, 3.63) is 44.6 Å². The van der Waals surface area contributed by atoms with E-state index in [0.29, 0.717) is 51.6 Å². The maximum absolute atomic E-state index is 14.0. The monoisotopic (exact) mass is 710 g/mol. The summed E-state index contributed by atoms with van der Waals surface area (Å²) in [5.74, 6) is -0.422. The van der Waals surface area contributed by atoms with Crippen molar-refractivity contribution >= 4 is 52.3 Å². The minimum atomic E-state index is -4.69. The zero-order valence-electron chi connectivity index (χ0n) is 27.0. The minimum absolute atomic E-state index is 0.0726. The van der Waals surface area contributed by atoms with Gasteiger partial charge >= 0.3 is 18.3 Å². The van der Waals surface area contributed by atoms with E-state index in [2.05, 4.69) is 15.5 Å². The molecule has 6 rings (SSSR count). The predicted molar refractivity (Wildman–Crippen MR) is 178 cm³/mol. The molecule has 15 heteroatoms. The molecule has 4 amide bonds. The number of alkyl halides is 3. The van der Waals surface area contributed by atoms with Crippen molar-refractivity contribution in [3.8, 4) is 0 Å². The van der Waals surface area contributed by atoms with Gasteiger partial charge in [0, 0.05) is 56.6 Å². The summed E-state index contributed by atoms with van der Waals surface area (Å²) in [7, 11) is 1.36. The Balaban J connectivity index is 1.14. The van der Waals surface area contributed by atoms with Gasteiger partial charge in [-0.15, -0.1) is 11.3 Å². The van der Waals surface area contributed by atoms with Gasteiger partial charge in [0.25, 0.3) is 5.91 Å². The molecule has 4 aliphatic heterocycles. The van der Waals surface area contributed by atoms with Gasteiger partial charge in [-0.2, -0.15) is 13.2 Å². The standard InChI is InChI=1S/C33H42ClF3N6O4S/c1-38-29-24(33(35,36)37)17-21(18-25(29)34)19-27(30(44)41-12-5-22(6-13-41)40-10-3-2-4-11-40)47-32(46)42-14-7-23(8-15-42)43-20-28-26(9-16-48-28)39-31(43)45/h9,16-18,22-23,27,38H,2-8,10-15,19-20H2,1H3,(H,39,45). The first kappa shape index (κ1) is 34.6. The van der Waals surface area contributed by atoms with Gasteiger partial charge in [-0.3, -0.25) is 4.79 Å². The van der Waals surface area contributed by atoms with Crippen molar-refractivity contribution in [2.75, 3.05) is 56.9 Å². The highest BCUT2D eigenvalue weighted by atomic mass is 35.5. The van der Waals surface area contributed by atoms with Gasteiger partial charge in [0.2, 0.25) is 0 Å². The highest BCUT2D eigenvalue weighted by molar-refractivity contribution is 7.10. The number of anilines is 2. The highest BCUT2D eigenvalue weighted by Gasteiger charge is 2.39. The Morgan fingerprint density at radius 3 is 2.35 bits per heavy atom. The van der Waals surface area contributed by atoms with E-state index < -0.39 is 29.8 Å². The quantitative estimate of drug-likeness (QED) is 0.341. The van der Waals surface area contributed by atoms with E-state index in [4.69, 9.17) is 16.3 Å². The van der Waals surface area contributed by atoms with Crippen LogP contribution in [-0.2, 0) is 28.7 Å². The van der Waals surface area contributed by atoms with Crippen molar-refractivity contribution in [1.82, 2.24) is 19.6 Å². The Bertz CT molecular complexity index is 1490. The second kappa shape index (κ2) is 14.7. The topological polar surface area (TPSA) is 97.5 Å². The summed E-state index contributed by atoms with van der Waals surface area (Å²) in [4.78, 5) is 48.8. The zero-order chi connectivity index (χ0) is 34.0. The van der Waals surface area contributed by atoms with E-state index in [-0.39, 0.29) is 34.8 Å². The fraction of sp³-hybridized carbons (Fsp3) is 0.606. The van der Waals surface area contributed by atoms with Crippen LogP contribution >= 0.6 is 22.9 Å². The van der Waals surface area contributed by atoms with Crippen LogP contribution in [0.3, 0.4) is 0 Å². The van der Waals surface area contributed by atoms with Gasteiger partial charge < -0.3 is 35.0 Å². The molecule has 4 aliphatic rings. The number of amides is 4. The number of urea groups is 1. The molecule has 10 nitrogen and oxygen atoms in total. The van der Waals surface area contributed by atoms with Crippen molar-refractivity contribution < 1.29 is 32.3 Å². The first-order valence-electron chi connectivity index (χ1n) is 16.7. The summed E-state index contributed by atoms with van der Waals surface area (Å²) in [5, 5.41) is 7.24. The van der Waals surface area contributed by atoms with Gasteiger partial charge in [0.05, 0.1) is 28.5 Å². The molecule has 3 saturated heterocycles. The van der Waals surface area contributed by atoms with Gasteiger partial charge in [0.15, 0.2) is 6.10 Å². The van der Waals surface area contributed by atoms with E-state index >= 15 is 0 Å². The molecule has 5 heterocycles. The summed E-state index contributed by atoms with van der Waals surface area (Å²) in [6, 6.07) is 4.37. The highest BCUT2D eigenvalue weighted by Crippen LogP contribution is 2.40. The molecule has 0 bridgehead atoms. The lowest BCUT2D eigenvalue weighted by atomic mass is 9.98. The molecular formula is C33H42ClF3N6O4S. The molecule has 2 N–H and O–H groups in total. The van der Waals surface area contributed by atoms with Crippen LogP contribution in [0.5, 0.6) is 0 Å². The third-order valence-electron chi connectivity index (χ3n) is 10.1. The Morgan fingerprint density at radius 2 is 1.69 bits per heavy atom. The van der Waals surface area contributed by atoms with Crippen LogP contribution in [0.15, 0.2) is 23.6 Å². The number of carbonyl (C=O) groups excluding carboxylic acids is 3. The second-order valence-corrected chi connectivity index (χ2v) is 14.4. The number of nitrogens with one attached hydrogen (secondary N) is 2. The number of rotatable bonds is 7. The number of benzene rings is 1. The maximum Gasteiger partial charge on any atom is 0.418 e. The molecule has 1 aromatic heterocycles. The Labute approximate surface area is 287 Å². The van der Waals surface area contributed by atoms with Gasteiger partial charge in [-0.25, -0.2) is 9.59 Å². The molecule has 1 aromatic carbocycles. The van der Waals surface area contributed by atoms with Crippen LogP contribution in [0.1, 0.15) is 60.9 Å². The Kier molecular flexibility index (Phi) is 10.6. The van der Waals surface area contributed by atoms with E-state index in [1.165, 1.54) is 37.3 Å². The van der Waals surface area contributed by atoms with Gasteiger partial charge in [0.1, 0.15) is 0 Å². The van der Waals surface area contributed by atoms with E-state index in [1.54, 1.807) is 21.1 Å². The van der Waals surface area contributed by atoms with Crippen LogP contribution in [0.25, 0.3) is 0 Å². The molecule has 262 valence electrons. The van der Waals surface area contributed by atoms with Crippen LogP contribution in [0, 0.1) is 0 Å². The summed E-state index contributed by atoms with van der Waals surface area (Å²) >= 11 is 7.85. The third-order valence-corrected chi connectivity index (χ3v) is 11.3. The fourth-order valence-corrected chi connectivity index (χ4v) is 8.59. The molecule has 0 saturated carbocycles. The normalized spacial score (nSPS) is 20.7. The number of halogens is 4. The number of hydrogen-bond donors (Lipinski definition) is 2. The molecule has 0 spiro atoms. The lowest BCUT2D eigenvalue weighted by molar-refractivity contribution is -0.142. The van der Waals surface area contributed by atoms with Crippen molar-refractivity contribution in [1.29, 1.82) is 0 Å². The average molecular weight is 711 g/mol. The maximum atomic E-state index is 14.0. The van der Waals surface area contributed by atoms with Crippen molar-refractivity contribution in [2.24, 2.45) is 0 Å². The van der Waals surface area contributed by atoms with Crippen molar-refractivity contribution in [3.63, 3.8) is 0 Å². The van der Waals surface area contributed by atoms with Gasteiger partial charge in [-0.1, -0.05) is 18.0 Å². The van der Waals surface area contributed by atoms with Crippen LogP contribution in [0.2, 0.25) is 5.02 Å². The lowest BCUT2D eigenvalue weighted by Crippen LogP contribution is -2.53. The predicted octanol–water partition coefficient (Wildman–Crippen LogP) is 6.50. The molecule has 48 heavy (non-hydrogen) atoms. The fourth-order valence-electron chi connectivity index (χ4n) is 7.43. The summed E-state index contributed by atoms with van der Waals surface area (Å²) in [6.07, 6.45) is -0.759. The van der Waals surface area contributed by atoms with Crippen LogP contribution in [0.4, 0.5) is 34.1 Å². The zero-order valence-corrected chi connectivity index (χ0v) is 28.6. The van der Waals surface area contributed by atoms with Crippen molar-refractivity contribution in [2.45, 2.75) is 82.3 Å². The molecule has 1 unspecified atom stereocenters. The number of fused-ring (bicyclic) bond motifs is 1. The number of piperidine rings is 3. The van der Waals surface area contributed by atoms with Crippen LogP contribution in [-0.4, -0.2) is 102 Å². The smallest absolute Gasteiger partial charge is 0.418 e. The number of carbonyl (C=O) groups is 3. The molecule has 3 fully saturated rings. The molecular weight excluding hydrogens is 669 g/mol. The lowest BCUT2D eigenvalue weighted by Gasteiger charge is -2.41. The number of likely N-dealkylation sites (tertiary alicyclic amines) is 3. The number of hydrogen-bond acceptors (Lipinski definition) is 7. The first-order chi connectivity index (χ1) is 23.0. The number of nitrogens with zero attached hydrogens (tertiary/aromatic N) is 4. The molecule has 0 aliphatic carbocycles. The largest absolute Gasteiger partial charge is 0.436 e. The number of ether oxygens (including phenoxy) is 1. The SMILES string of the molecule is CNc1c(Cl)cc(CC(OC(=O)N2CCC(N3Cc4sccc4NC3=O)CC2)C(=O)N2CCC(N3CCCCC3)CC2)cc1C(F)(F)F. The van der Waals surface area contributed by atoms with E-state index in [0.717, 1.165) is 42.6 Å². The summed E-state index contributed by atoms with van der Waals surface area (Å²) in [6.45, 7) is 4.21. The van der Waals surface area contributed by atoms with E-state index in [1.807, 2.05) is 11.4 Å². The van der Waals surface area contributed by atoms with Gasteiger partial charge in [-0.05, 0) is 80.8 Å². The third kappa shape index (κ3) is 7.65. The summed E-state index contributed by atoms with van der Waals surface area (Å²) in [5.41, 5.74) is -0.236. The van der Waals surface area contributed by atoms with Crippen LogP contribution < -0.4 is 10.6 Å². The molecule has 0 radical (unpaired) electrons. The number of thiophene rings is 1. The molecule has 1 atom stereocenters. The minimum Gasteiger partial charge on any atom is -0.436 e. The molecule has 2 aromatic rings. The summed E-state index contributed by atoms with van der Waals surface area (Å²) < 4.78 is 47.8. The Morgan fingerprint density at radius 1 is 1.02 bits per heavy atom. The second-order valence-electron chi connectivity index (χ2n) is 13.0. The first-order valence-corrected chi connectivity index (χ1v) is 18.0.